The molecule has 0 aliphatic rings. The van der Waals surface area contributed by atoms with Gasteiger partial charge >= 0.3 is 0 Å². The molecular weight excluding hydrogens is 338 g/mol. The van der Waals surface area contributed by atoms with E-state index in [1.54, 1.807) is 0 Å². The van der Waals surface area contributed by atoms with Crippen molar-refractivity contribution in [1.29, 1.82) is 0 Å². The Morgan fingerprint density at radius 3 is 1.91 bits per heavy atom. The van der Waals surface area contributed by atoms with E-state index in [1.165, 1.54) is 0 Å². The molecule has 1 nitrogen and oxygen atoms in total. The van der Waals surface area contributed by atoms with Crippen LogP contribution in [-0.2, 0) is 0 Å². The lowest BCUT2D eigenvalue weighted by molar-refractivity contribution is 1.57. The van der Waals surface area contributed by atoms with Gasteiger partial charge in [-0.3, -0.25) is 0 Å². The predicted octanol–water partition coefficient (Wildman–Crippen LogP) is 4.52. The number of benzene rings is 1. The second-order valence-corrected chi connectivity index (χ2v) is 4.45. The highest BCUT2D eigenvalue weighted by Gasteiger charge is 2.04. The van der Waals surface area contributed by atoms with Crippen LogP contribution in [-0.4, -0.2) is 0 Å². The monoisotopic (exact) mass is 337 g/mol. The largest absolute Gasteiger partial charge is 0.236 e. The number of hydrogen-bond donors (Lipinski definition) is 0. The van der Waals surface area contributed by atoms with Crippen LogP contribution in [0.25, 0.3) is 4.85 Å². The van der Waals surface area contributed by atoms with Gasteiger partial charge in [-0.1, -0.05) is 47.8 Å². The number of rotatable bonds is 0. The Morgan fingerprint density at radius 2 is 1.55 bits per heavy atom. The molecule has 56 valence electrons. The molecule has 1 aromatic carbocycles. The van der Waals surface area contributed by atoms with E-state index >= 15 is 0 Å². The van der Waals surface area contributed by atoms with Gasteiger partial charge in [0.05, 0.1) is 6.57 Å². The molecule has 0 saturated carbocycles. The summed E-state index contributed by atoms with van der Waals surface area (Å²) in [4.78, 5) is 3.35. The second kappa shape index (κ2) is 3.70. The standard InChI is InChI=1S/C7H2Br3N/c1-11-7-5(9)2-4(8)3-6(7)10/h2-3H. The fraction of sp³-hybridized carbons (Fsp3) is 0. The summed E-state index contributed by atoms with van der Waals surface area (Å²) >= 11 is 9.88. The lowest BCUT2D eigenvalue weighted by Gasteiger charge is -1.98. The highest BCUT2D eigenvalue weighted by Crippen LogP contribution is 2.36. The maximum atomic E-state index is 6.85. The first kappa shape index (κ1) is 9.24. The van der Waals surface area contributed by atoms with Crippen molar-refractivity contribution in [1.82, 2.24) is 0 Å². The third-order valence-corrected chi connectivity index (χ3v) is 2.76. The number of hydrogen-bond acceptors (Lipinski definition) is 0. The molecule has 0 unspecified atom stereocenters. The minimum Gasteiger partial charge on any atom is -0.236 e. The van der Waals surface area contributed by atoms with E-state index < -0.39 is 0 Å². The number of nitrogens with zero attached hydrogens (tertiary/aromatic N) is 1. The van der Waals surface area contributed by atoms with Crippen molar-refractivity contribution in [2.24, 2.45) is 0 Å². The lowest BCUT2D eigenvalue weighted by atomic mass is 10.3. The van der Waals surface area contributed by atoms with Gasteiger partial charge in [-0.2, -0.15) is 0 Å². The fourth-order valence-corrected chi connectivity index (χ4v) is 3.08. The average Bonchev–Trinajstić information content (AvgIpc) is 1.85. The summed E-state index contributed by atoms with van der Waals surface area (Å²) < 4.78 is 2.55. The van der Waals surface area contributed by atoms with Gasteiger partial charge in [-0.05, 0) is 12.1 Å². The Morgan fingerprint density at radius 1 is 1.09 bits per heavy atom. The van der Waals surface area contributed by atoms with E-state index in [0.717, 1.165) is 13.4 Å². The zero-order valence-corrected chi connectivity index (χ0v) is 9.99. The molecule has 0 amide bonds. The molecule has 0 heterocycles. The van der Waals surface area contributed by atoms with Crippen LogP contribution >= 0.6 is 47.8 Å². The third kappa shape index (κ3) is 2.05. The molecule has 0 N–H and O–H groups in total. The molecule has 0 fully saturated rings. The Hall–Kier alpha value is 0.150. The molecule has 1 rings (SSSR count). The van der Waals surface area contributed by atoms with Crippen molar-refractivity contribution in [3.63, 3.8) is 0 Å². The molecule has 0 saturated heterocycles. The fourth-order valence-electron chi connectivity index (χ4n) is 0.641. The van der Waals surface area contributed by atoms with Crippen LogP contribution in [0.4, 0.5) is 5.69 Å². The summed E-state index contributed by atoms with van der Waals surface area (Å²) in [5.74, 6) is 0. The summed E-state index contributed by atoms with van der Waals surface area (Å²) in [6.45, 7) is 6.85. The van der Waals surface area contributed by atoms with E-state index in [9.17, 15) is 0 Å². The highest BCUT2D eigenvalue weighted by atomic mass is 79.9. The molecule has 0 atom stereocenters. The van der Waals surface area contributed by atoms with Gasteiger partial charge in [-0.25, -0.2) is 4.85 Å². The van der Waals surface area contributed by atoms with Crippen molar-refractivity contribution < 1.29 is 0 Å². The molecule has 0 aliphatic carbocycles. The van der Waals surface area contributed by atoms with Crippen molar-refractivity contribution in [2.75, 3.05) is 0 Å². The molecule has 11 heavy (non-hydrogen) atoms. The topological polar surface area (TPSA) is 4.36 Å². The Balaban J connectivity index is 3.40. The zero-order valence-electron chi connectivity index (χ0n) is 5.24. The Bertz CT molecular complexity index is 304. The van der Waals surface area contributed by atoms with E-state index in [1.807, 2.05) is 12.1 Å². The van der Waals surface area contributed by atoms with Gasteiger partial charge in [0.15, 0.2) is 0 Å². The number of halogens is 3. The molecule has 0 radical (unpaired) electrons. The van der Waals surface area contributed by atoms with Crippen molar-refractivity contribution >= 4 is 53.5 Å². The highest BCUT2D eigenvalue weighted by molar-refractivity contribution is 9.11. The quantitative estimate of drug-likeness (QED) is 0.612. The van der Waals surface area contributed by atoms with Crippen LogP contribution in [0.2, 0.25) is 0 Å². The molecule has 0 aliphatic heterocycles. The van der Waals surface area contributed by atoms with Crippen LogP contribution in [0.1, 0.15) is 0 Å². The lowest BCUT2D eigenvalue weighted by Crippen LogP contribution is -1.70. The third-order valence-electron chi connectivity index (χ3n) is 1.09. The van der Waals surface area contributed by atoms with Gasteiger partial charge < -0.3 is 0 Å². The van der Waals surface area contributed by atoms with Crippen molar-refractivity contribution in [3.8, 4) is 0 Å². The molecule has 0 aromatic heterocycles. The van der Waals surface area contributed by atoms with E-state index in [-0.39, 0.29) is 0 Å². The van der Waals surface area contributed by atoms with E-state index in [2.05, 4.69) is 52.6 Å². The Labute approximate surface area is 90.0 Å². The normalized spacial score (nSPS) is 9.27. The first-order valence-electron chi connectivity index (χ1n) is 2.67. The van der Waals surface area contributed by atoms with E-state index in [0.29, 0.717) is 5.69 Å². The molecule has 0 bridgehead atoms. The maximum absolute atomic E-state index is 6.85. The predicted molar refractivity (Wildman–Crippen MR) is 55.8 cm³/mol. The van der Waals surface area contributed by atoms with Crippen LogP contribution in [0.5, 0.6) is 0 Å². The van der Waals surface area contributed by atoms with Gasteiger partial charge in [0.2, 0.25) is 5.69 Å². The maximum Gasteiger partial charge on any atom is 0.215 e. The Kier molecular flexibility index (Phi) is 3.11. The summed E-state index contributed by atoms with van der Waals surface area (Å²) in [5.41, 5.74) is 0.605. The van der Waals surface area contributed by atoms with Crippen molar-refractivity contribution in [3.05, 3.63) is 37.0 Å². The van der Waals surface area contributed by atoms with Gasteiger partial charge in [0.25, 0.3) is 0 Å². The molecular formula is C7H2Br3N. The minimum atomic E-state index is 0.605. The van der Waals surface area contributed by atoms with Gasteiger partial charge in [0, 0.05) is 13.4 Å². The molecule has 0 spiro atoms. The van der Waals surface area contributed by atoms with Crippen LogP contribution in [0.3, 0.4) is 0 Å². The van der Waals surface area contributed by atoms with Crippen LogP contribution in [0, 0.1) is 6.57 Å². The molecule has 1 aromatic rings. The molecule has 4 heteroatoms. The SMILES string of the molecule is [C-]#[N+]c1c(Br)cc(Br)cc1Br. The summed E-state index contributed by atoms with van der Waals surface area (Å²) in [7, 11) is 0. The van der Waals surface area contributed by atoms with Crippen LogP contribution in [0.15, 0.2) is 25.6 Å². The van der Waals surface area contributed by atoms with Crippen molar-refractivity contribution in [2.45, 2.75) is 0 Å². The second-order valence-electron chi connectivity index (χ2n) is 1.83. The first-order valence-corrected chi connectivity index (χ1v) is 5.05. The zero-order chi connectivity index (χ0) is 8.43. The summed E-state index contributed by atoms with van der Waals surface area (Å²) in [6.07, 6.45) is 0. The van der Waals surface area contributed by atoms with Gasteiger partial charge in [-0.15, -0.1) is 0 Å². The minimum absolute atomic E-state index is 0.605. The van der Waals surface area contributed by atoms with E-state index in [4.69, 9.17) is 6.57 Å². The average molecular weight is 340 g/mol. The van der Waals surface area contributed by atoms with Crippen LogP contribution < -0.4 is 0 Å². The summed E-state index contributed by atoms with van der Waals surface area (Å²) in [5, 5.41) is 0. The van der Waals surface area contributed by atoms with Gasteiger partial charge in [0.1, 0.15) is 0 Å². The smallest absolute Gasteiger partial charge is 0.215 e. The summed E-state index contributed by atoms with van der Waals surface area (Å²) in [6, 6.07) is 3.69. The first-order chi connectivity index (χ1) is 5.15.